The molecule has 2 heterocycles. The first-order valence-electron chi connectivity index (χ1n) is 8.25. The minimum absolute atomic E-state index is 0.0498. The fraction of sp³-hybridized carbons (Fsp3) is 0.333. The largest absolute Gasteiger partial charge is 0.459 e. The number of rotatable bonds is 4. The molecule has 0 saturated carbocycles. The second-order valence-corrected chi connectivity index (χ2v) is 6.64. The number of amides is 2. The molecular formula is C18H21ClN3O3+. The van der Waals surface area contributed by atoms with Crippen LogP contribution in [0.15, 0.2) is 41.0 Å². The molecule has 6 nitrogen and oxygen atoms in total. The lowest BCUT2D eigenvalue weighted by molar-refractivity contribution is -0.895. The van der Waals surface area contributed by atoms with Gasteiger partial charge in [-0.2, -0.15) is 0 Å². The number of carbonyl (C=O) groups is 2. The molecule has 1 aromatic heterocycles. The molecule has 3 rings (SSSR count). The van der Waals surface area contributed by atoms with E-state index in [4.69, 9.17) is 16.0 Å². The molecule has 1 aromatic carbocycles. The molecular weight excluding hydrogens is 342 g/mol. The summed E-state index contributed by atoms with van der Waals surface area (Å²) >= 11 is 5.98. The lowest BCUT2D eigenvalue weighted by Gasteiger charge is -2.31. The quantitative estimate of drug-likeness (QED) is 0.859. The number of hydrogen-bond donors (Lipinski definition) is 2. The predicted molar refractivity (Wildman–Crippen MR) is 95.0 cm³/mol. The molecule has 0 unspecified atom stereocenters. The maximum Gasteiger partial charge on any atom is 0.289 e. The number of hydrogen-bond acceptors (Lipinski definition) is 3. The zero-order valence-electron chi connectivity index (χ0n) is 14.0. The maximum absolute atomic E-state index is 12.3. The van der Waals surface area contributed by atoms with Crippen LogP contribution in [0.4, 0.5) is 5.69 Å². The number of piperazine rings is 1. The number of halogens is 1. The number of nitrogens with one attached hydrogen (secondary N) is 2. The van der Waals surface area contributed by atoms with Crippen LogP contribution in [0.3, 0.4) is 0 Å². The number of benzene rings is 1. The zero-order valence-corrected chi connectivity index (χ0v) is 14.8. The van der Waals surface area contributed by atoms with E-state index in [1.807, 2.05) is 13.0 Å². The van der Waals surface area contributed by atoms with Gasteiger partial charge in [0.25, 0.3) is 11.8 Å². The Morgan fingerprint density at radius 2 is 2.04 bits per heavy atom. The molecule has 1 aliphatic heterocycles. The number of carbonyl (C=O) groups excluding carboxylic acids is 2. The third-order valence-corrected chi connectivity index (χ3v) is 4.61. The van der Waals surface area contributed by atoms with Crippen LogP contribution in [0.5, 0.6) is 0 Å². The summed E-state index contributed by atoms with van der Waals surface area (Å²) in [7, 11) is 0. The number of furan rings is 1. The van der Waals surface area contributed by atoms with E-state index in [9.17, 15) is 9.59 Å². The third kappa shape index (κ3) is 4.41. The van der Waals surface area contributed by atoms with E-state index in [0.717, 1.165) is 29.2 Å². The van der Waals surface area contributed by atoms with Gasteiger partial charge in [-0.3, -0.25) is 9.59 Å². The van der Waals surface area contributed by atoms with E-state index in [1.165, 1.54) is 6.26 Å². The molecule has 2 N–H and O–H groups in total. The molecule has 0 bridgehead atoms. The van der Waals surface area contributed by atoms with E-state index < -0.39 is 0 Å². The molecule has 7 heteroatoms. The molecule has 1 aliphatic rings. The minimum Gasteiger partial charge on any atom is -0.459 e. The average Bonchev–Trinajstić information content (AvgIpc) is 3.13. The molecule has 1 saturated heterocycles. The molecule has 0 aliphatic carbocycles. The van der Waals surface area contributed by atoms with Crippen molar-refractivity contribution >= 4 is 29.1 Å². The molecule has 0 spiro atoms. The van der Waals surface area contributed by atoms with E-state index in [1.54, 1.807) is 29.2 Å². The number of nitrogens with zero attached hydrogens (tertiary/aromatic N) is 1. The van der Waals surface area contributed by atoms with Gasteiger partial charge in [-0.25, -0.2) is 0 Å². The standard InChI is InChI=1S/C18H20ClN3O3/c1-13-4-5-14(19)11-15(13)20-17(23)12-21-6-8-22(9-7-21)18(24)16-3-2-10-25-16/h2-5,10-11H,6-9,12H2,1H3,(H,20,23)/p+1. The summed E-state index contributed by atoms with van der Waals surface area (Å²) in [5.41, 5.74) is 1.71. The molecule has 132 valence electrons. The molecule has 2 aromatic rings. The molecule has 2 amide bonds. The minimum atomic E-state index is -0.0944. The van der Waals surface area contributed by atoms with Crippen molar-refractivity contribution < 1.29 is 18.9 Å². The second-order valence-electron chi connectivity index (χ2n) is 6.20. The van der Waals surface area contributed by atoms with Crippen molar-refractivity contribution in [3.63, 3.8) is 0 Å². The van der Waals surface area contributed by atoms with Crippen LogP contribution in [0.25, 0.3) is 0 Å². The average molecular weight is 363 g/mol. The van der Waals surface area contributed by atoms with E-state index >= 15 is 0 Å². The smallest absolute Gasteiger partial charge is 0.289 e. The van der Waals surface area contributed by atoms with Crippen molar-refractivity contribution in [1.29, 1.82) is 0 Å². The van der Waals surface area contributed by atoms with Crippen LogP contribution in [0.1, 0.15) is 16.1 Å². The summed E-state index contributed by atoms with van der Waals surface area (Å²) in [5, 5.41) is 3.51. The summed E-state index contributed by atoms with van der Waals surface area (Å²) in [5.74, 6) is 0.215. The number of aryl methyl sites for hydroxylation is 1. The van der Waals surface area contributed by atoms with Crippen molar-refractivity contribution in [2.45, 2.75) is 6.92 Å². The zero-order chi connectivity index (χ0) is 17.8. The van der Waals surface area contributed by atoms with Crippen LogP contribution >= 0.6 is 11.6 Å². The summed E-state index contributed by atoms with van der Waals surface area (Å²) in [6, 6.07) is 8.81. The van der Waals surface area contributed by atoms with Crippen molar-refractivity contribution in [1.82, 2.24) is 4.90 Å². The van der Waals surface area contributed by atoms with Gasteiger partial charge >= 0.3 is 0 Å². The number of quaternary nitrogens is 1. The van der Waals surface area contributed by atoms with Crippen LogP contribution in [-0.2, 0) is 4.79 Å². The first kappa shape index (κ1) is 17.5. The fourth-order valence-electron chi connectivity index (χ4n) is 2.91. The Morgan fingerprint density at radius 1 is 1.28 bits per heavy atom. The molecule has 1 fully saturated rings. The summed E-state index contributed by atoms with van der Waals surface area (Å²) in [4.78, 5) is 27.4. The molecule has 0 atom stereocenters. The van der Waals surface area contributed by atoms with Crippen LogP contribution < -0.4 is 10.2 Å². The first-order valence-corrected chi connectivity index (χ1v) is 8.63. The summed E-state index contributed by atoms with van der Waals surface area (Å²) in [6.07, 6.45) is 1.50. The Balaban J connectivity index is 1.49. The highest BCUT2D eigenvalue weighted by atomic mass is 35.5. The maximum atomic E-state index is 12.3. The Morgan fingerprint density at radius 3 is 2.72 bits per heavy atom. The van der Waals surface area contributed by atoms with Crippen molar-refractivity contribution in [2.24, 2.45) is 0 Å². The molecule has 25 heavy (non-hydrogen) atoms. The van der Waals surface area contributed by atoms with Crippen LogP contribution in [0, 0.1) is 6.92 Å². The lowest BCUT2D eigenvalue weighted by atomic mass is 10.2. The second kappa shape index (κ2) is 7.72. The van der Waals surface area contributed by atoms with Gasteiger partial charge in [0.1, 0.15) is 0 Å². The van der Waals surface area contributed by atoms with Crippen molar-refractivity contribution in [3.05, 3.63) is 52.9 Å². The normalized spacial score (nSPS) is 15.2. The monoisotopic (exact) mass is 362 g/mol. The lowest BCUT2D eigenvalue weighted by Crippen LogP contribution is -3.15. The summed E-state index contributed by atoms with van der Waals surface area (Å²) < 4.78 is 5.15. The van der Waals surface area contributed by atoms with Gasteiger partial charge in [0, 0.05) is 10.7 Å². The third-order valence-electron chi connectivity index (χ3n) is 4.37. The first-order chi connectivity index (χ1) is 12.0. The van der Waals surface area contributed by atoms with Crippen LogP contribution in [0.2, 0.25) is 5.02 Å². The summed E-state index contributed by atoms with van der Waals surface area (Å²) in [6.45, 7) is 4.98. The molecule has 0 radical (unpaired) electrons. The van der Waals surface area contributed by atoms with Gasteiger partial charge < -0.3 is 19.5 Å². The Kier molecular flexibility index (Phi) is 5.40. The van der Waals surface area contributed by atoms with E-state index in [-0.39, 0.29) is 11.8 Å². The van der Waals surface area contributed by atoms with Crippen molar-refractivity contribution in [3.8, 4) is 0 Å². The van der Waals surface area contributed by atoms with Gasteiger partial charge in [0.05, 0.1) is 32.4 Å². The van der Waals surface area contributed by atoms with E-state index in [0.29, 0.717) is 30.4 Å². The predicted octanol–water partition coefficient (Wildman–Crippen LogP) is 1.22. The van der Waals surface area contributed by atoms with Crippen molar-refractivity contribution in [2.75, 3.05) is 38.0 Å². The SMILES string of the molecule is Cc1ccc(Cl)cc1NC(=O)C[NH+]1CCN(C(=O)c2ccco2)CC1. The van der Waals surface area contributed by atoms with Gasteiger partial charge in [0.15, 0.2) is 12.3 Å². The van der Waals surface area contributed by atoms with Gasteiger partial charge in [-0.1, -0.05) is 17.7 Å². The highest BCUT2D eigenvalue weighted by Crippen LogP contribution is 2.19. The topological polar surface area (TPSA) is 67.0 Å². The Labute approximate surface area is 151 Å². The van der Waals surface area contributed by atoms with Gasteiger partial charge in [-0.05, 0) is 36.8 Å². The highest BCUT2D eigenvalue weighted by molar-refractivity contribution is 6.31. The highest BCUT2D eigenvalue weighted by Gasteiger charge is 2.27. The Hall–Kier alpha value is -2.31. The van der Waals surface area contributed by atoms with Crippen LogP contribution in [-0.4, -0.2) is 49.4 Å². The number of anilines is 1. The van der Waals surface area contributed by atoms with Gasteiger partial charge in [0.2, 0.25) is 0 Å². The van der Waals surface area contributed by atoms with E-state index in [2.05, 4.69) is 5.32 Å². The fourth-order valence-corrected chi connectivity index (χ4v) is 3.08. The Bertz CT molecular complexity index is 753. The van der Waals surface area contributed by atoms with Gasteiger partial charge in [-0.15, -0.1) is 0 Å².